The standard InChI is InChI=1S/C10H13Cl.C2H6/c1-3-8(2)9-6-4-5-7-10(9)11;1-2/h4-8H,3H2,1-2H3;1-2H3. The van der Waals surface area contributed by atoms with Gasteiger partial charge in [-0.25, -0.2) is 0 Å². The van der Waals surface area contributed by atoms with Gasteiger partial charge in [-0.1, -0.05) is 57.5 Å². The third kappa shape index (κ3) is 3.82. The molecule has 0 bridgehead atoms. The van der Waals surface area contributed by atoms with E-state index in [0.29, 0.717) is 5.92 Å². The molecule has 0 nitrogen and oxygen atoms in total. The number of rotatable bonds is 2. The summed E-state index contributed by atoms with van der Waals surface area (Å²) in [4.78, 5) is 0. The Morgan fingerprint density at radius 1 is 1.23 bits per heavy atom. The lowest BCUT2D eigenvalue weighted by atomic mass is 9.99. The molecular formula is C12H19Cl. The van der Waals surface area contributed by atoms with Crippen molar-refractivity contribution in [2.75, 3.05) is 0 Å². The molecule has 1 aromatic rings. The van der Waals surface area contributed by atoms with Gasteiger partial charge >= 0.3 is 0 Å². The quantitative estimate of drug-likeness (QED) is 0.636. The van der Waals surface area contributed by atoms with Crippen molar-refractivity contribution < 1.29 is 0 Å². The summed E-state index contributed by atoms with van der Waals surface area (Å²) in [7, 11) is 0. The lowest BCUT2D eigenvalue weighted by Gasteiger charge is -2.09. The molecule has 74 valence electrons. The van der Waals surface area contributed by atoms with E-state index >= 15 is 0 Å². The van der Waals surface area contributed by atoms with Crippen molar-refractivity contribution in [1.82, 2.24) is 0 Å². The summed E-state index contributed by atoms with van der Waals surface area (Å²) in [6.07, 6.45) is 1.14. The minimum absolute atomic E-state index is 0.573. The average Bonchev–Trinajstić information content (AvgIpc) is 2.20. The first-order valence-corrected chi connectivity index (χ1v) is 5.38. The van der Waals surface area contributed by atoms with Gasteiger partial charge in [-0.3, -0.25) is 0 Å². The predicted octanol–water partition coefficient (Wildman–Crippen LogP) is 4.88. The van der Waals surface area contributed by atoms with Crippen LogP contribution in [-0.2, 0) is 0 Å². The maximum atomic E-state index is 6.00. The van der Waals surface area contributed by atoms with Gasteiger partial charge in [-0.15, -0.1) is 0 Å². The van der Waals surface area contributed by atoms with Crippen LogP contribution in [0.25, 0.3) is 0 Å². The van der Waals surface area contributed by atoms with E-state index in [0.717, 1.165) is 11.4 Å². The Kier molecular flexibility index (Phi) is 6.70. The smallest absolute Gasteiger partial charge is 0.0440 e. The molecule has 0 saturated carbocycles. The summed E-state index contributed by atoms with van der Waals surface area (Å²) in [6, 6.07) is 8.04. The monoisotopic (exact) mass is 198 g/mol. The van der Waals surface area contributed by atoms with Gasteiger partial charge in [0.05, 0.1) is 0 Å². The van der Waals surface area contributed by atoms with Gasteiger partial charge < -0.3 is 0 Å². The fourth-order valence-electron chi connectivity index (χ4n) is 1.09. The molecule has 0 amide bonds. The lowest BCUT2D eigenvalue weighted by molar-refractivity contribution is 0.734. The van der Waals surface area contributed by atoms with E-state index in [1.54, 1.807) is 0 Å². The lowest BCUT2D eigenvalue weighted by Crippen LogP contribution is -1.91. The predicted molar refractivity (Wildman–Crippen MR) is 61.5 cm³/mol. The molecule has 0 aromatic heterocycles. The minimum atomic E-state index is 0.573. The van der Waals surface area contributed by atoms with E-state index < -0.39 is 0 Å². The van der Waals surface area contributed by atoms with Crippen molar-refractivity contribution in [3.63, 3.8) is 0 Å². The second-order valence-electron chi connectivity index (χ2n) is 2.83. The molecule has 0 saturated heterocycles. The summed E-state index contributed by atoms with van der Waals surface area (Å²) in [6.45, 7) is 8.37. The van der Waals surface area contributed by atoms with Crippen molar-refractivity contribution in [2.45, 2.75) is 40.0 Å². The normalized spacial score (nSPS) is 11.5. The second kappa shape index (κ2) is 6.97. The van der Waals surface area contributed by atoms with Crippen LogP contribution in [0.4, 0.5) is 0 Å². The van der Waals surface area contributed by atoms with E-state index in [1.807, 2.05) is 32.0 Å². The van der Waals surface area contributed by atoms with Crippen molar-refractivity contribution in [3.05, 3.63) is 34.9 Å². The second-order valence-corrected chi connectivity index (χ2v) is 3.24. The molecule has 1 heteroatoms. The number of hydrogen-bond acceptors (Lipinski definition) is 0. The van der Waals surface area contributed by atoms with Gasteiger partial charge in [-0.05, 0) is 24.0 Å². The summed E-state index contributed by atoms with van der Waals surface area (Å²) in [5.74, 6) is 0.573. The van der Waals surface area contributed by atoms with Crippen molar-refractivity contribution >= 4 is 11.6 Å². The third-order valence-corrected chi connectivity index (χ3v) is 2.39. The summed E-state index contributed by atoms with van der Waals surface area (Å²) in [5.41, 5.74) is 1.26. The zero-order valence-electron chi connectivity index (χ0n) is 8.97. The molecule has 0 aliphatic rings. The van der Waals surface area contributed by atoms with E-state index in [9.17, 15) is 0 Å². The summed E-state index contributed by atoms with van der Waals surface area (Å²) in [5, 5.41) is 0.891. The molecule has 1 unspecified atom stereocenters. The van der Waals surface area contributed by atoms with Crippen LogP contribution in [0.3, 0.4) is 0 Å². The number of halogens is 1. The van der Waals surface area contributed by atoms with E-state index in [1.165, 1.54) is 5.56 Å². The highest BCUT2D eigenvalue weighted by Gasteiger charge is 2.05. The molecule has 0 radical (unpaired) electrons. The molecule has 0 aliphatic carbocycles. The highest BCUT2D eigenvalue weighted by atomic mass is 35.5. The largest absolute Gasteiger partial charge is 0.0840 e. The van der Waals surface area contributed by atoms with Gasteiger partial charge in [0, 0.05) is 5.02 Å². The molecular weight excluding hydrogens is 180 g/mol. The maximum Gasteiger partial charge on any atom is 0.0440 e. The Bertz CT molecular complexity index is 230. The van der Waals surface area contributed by atoms with Gasteiger partial charge in [0.1, 0.15) is 0 Å². The first kappa shape index (κ1) is 12.5. The van der Waals surface area contributed by atoms with Crippen LogP contribution >= 0.6 is 11.6 Å². The zero-order chi connectivity index (χ0) is 10.3. The topological polar surface area (TPSA) is 0 Å². The summed E-state index contributed by atoms with van der Waals surface area (Å²) < 4.78 is 0. The van der Waals surface area contributed by atoms with E-state index in [2.05, 4.69) is 19.9 Å². The minimum Gasteiger partial charge on any atom is -0.0840 e. The Hall–Kier alpha value is -0.490. The Morgan fingerprint density at radius 3 is 2.23 bits per heavy atom. The maximum absolute atomic E-state index is 6.00. The molecule has 1 rings (SSSR count). The highest BCUT2D eigenvalue weighted by molar-refractivity contribution is 6.31. The van der Waals surface area contributed by atoms with Crippen molar-refractivity contribution in [2.24, 2.45) is 0 Å². The van der Waals surface area contributed by atoms with Crippen molar-refractivity contribution in [3.8, 4) is 0 Å². The highest BCUT2D eigenvalue weighted by Crippen LogP contribution is 2.25. The van der Waals surface area contributed by atoms with Crippen LogP contribution < -0.4 is 0 Å². The fourth-order valence-corrected chi connectivity index (χ4v) is 1.42. The fraction of sp³-hybridized carbons (Fsp3) is 0.500. The van der Waals surface area contributed by atoms with Crippen LogP contribution in [0.5, 0.6) is 0 Å². The first-order valence-electron chi connectivity index (χ1n) is 5.00. The average molecular weight is 199 g/mol. The Morgan fingerprint density at radius 2 is 1.77 bits per heavy atom. The van der Waals surface area contributed by atoms with Gasteiger partial charge in [-0.2, -0.15) is 0 Å². The van der Waals surface area contributed by atoms with Crippen LogP contribution in [0.1, 0.15) is 45.6 Å². The number of benzene rings is 1. The summed E-state index contributed by atoms with van der Waals surface area (Å²) >= 11 is 6.00. The molecule has 0 aliphatic heterocycles. The van der Waals surface area contributed by atoms with E-state index in [4.69, 9.17) is 11.6 Å². The van der Waals surface area contributed by atoms with Crippen molar-refractivity contribution in [1.29, 1.82) is 0 Å². The van der Waals surface area contributed by atoms with Crippen LogP contribution in [0.15, 0.2) is 24.3 Å². The third-order valence-electron chi connectivity index (χ3n) is 2.05. The molecule has 13 heavy (non-hydrogen) atoms. The number of hydrogen-bond donors (Lipinski definition) is 0. The molecule has 0 spiro atoms. The van der Waals surface area contributed by atoms with Crippen LogP contribution in [0.2, 0.25) is 5.02 Å². The molecule has 1 aromatic carbocycles. The molecule has 0 fully saturated rings. The molecule has 1 atom stereocenters. The van der Waals surface area contributed by atoms with Crippen LogP contribution in [0, 0.1) is 0 Å². The first-order chi connectivity index (χ1) is 6.25. The molecule has 0 N–H and O–H groups in total. The van der Waals surface area contributed by atoms with E-state index in [-0.39, 0.29) is 0 Å². The Labute approximate surface area is 86.9 Å². The van der Waals surface area contributed by atoms with Gasteiger partial charge in [0.2, 0.25) is 0 Å². The Balaban J connectivity index is 0.000000671. The van der Waals surface area contributed by atoms with Gasteiger partial charge in [0.15, 0.2) is 0 Å². The van der Waals surface area contributed by atoms with Gasteiger partial charge in [0.25, 0.3) is 0 Å². The SMILES string of the molecule is CC.CCC(C)c1ccccc1Cl. The zero-order valence-corrected chi connectivity index (χ0v) is 9.73. The van der Waals surface area contributed by atoms with Crippen LogP contribution in [-0.4, -0.2) is 0 Å². The molecule has 0 heterocycles.